The number of aromatic nitrogens is 2. The van der Waals surface area contributed by atoms with E-state index < -0.39 is 0 Å². The number of unbranched alkanes of at least 4 members (excludes halogenated alkanes) is 1. The van der Waals surface area contributed by atoms with Gasteiger partial charge in [-0.2, -0.15) is 0 Å². The number of anilines is 1. The summed E-state index contributed by atoms with van der Waals surface area (Å²) in [6.45, 7) is 3.21. The molecule has 2 aromatic heterocycles. The SMILES string of the molecule is CCCCN(c1ccncc1)n1c2ccccc2c2ccccc21.Cl. The Hall–Kier alpha value is -2.52. The van der Waals surface area contributed by atoms with Crippen LogP contribution < -0.4 is 5.01 Å². The van der Waals surface area contributed by atoms with E-state index in [1.54, 1.807) is 0 Å². The summed E-state index contributed by atoms with van der Waals surface area (Å²) < 4.78 is 2.36. The van der Waals surface area contributed by atoms with Gasteiger partial charge in [0.05, 0.1) is 16.7 Å². The zero-order chi connectivity index (χ0) is 16.4. The van der Waals surface area contributed by atoms with Crippen LogP contribution in [0.4, 0.5) is 5.69 Å². The van der Waals surface area contributed by atoms with Crippen molar-refractivity contribution in [2.45, 2.75) is 19.8 Å². The fourth-order valence-electron chi connectivity index (χ4n) is 3.33. The lowest BCUT2D eigenvalue weighted by atomic mass is 10.2. The lowest BCUT2D eigenvalue weighted by molar-refractivity contribution is 0.676. The standard InChI is InChI=1S/C21H21N3.ClH/c1-2-3-16-23(17-12-14-22-15-13-17)24-20-10-6-4-8-18(20)19-9-5-7-11-21(19)24;/h4-15H,2-3,16H2,1H3;1H. The monoisotopic (exact) mass is 351 g/mol. The lowest BCUT2D eigenvalue weighted by Crippen LogP contribution is -2.30. The fraction of sp³-hybridized carbons (Fsp3) is 0.190. The molecule has 0 aliphatic heterocycles. The van der Waals surface area contributed by atoms with Crippen molar-refractivity contribution in [2.24, 2.45) is 0 Å². The van der Waals surface area contributed by atoms with Crippen molar-refractivity contribution in [1.82, 2.24) is 9.66 Å². The van der Waals surface area contributed by atoms with E-state index in [9.17, 15) is 0 Å². The third-order valence-corrected chi connectivity index (χ3v) is 4.48. The van der Waals surface area contributed by atoms with Gasteiger partial charge in [-0.3, -0.25) is 14.7 Å². The minimum Gasteiger partial charge on any atom is -0.281 e. The summed E-state index contributed by atoms with van der Waals surface area (Å²) in [5.74, 6) is 0. The highest BCUT2D eigenvalue weighted by Crippen LogP contribution is 2.31. The van der Waals surface area contributed by atoms with Gasteiger partial charge in [0.25, 0.3) is 0 Å². The smallest absolute Gasteiger partial charge is 0.0712 e. The number of rotatable bonds is 5. The van der Waals surface area contributed by atoms with Crippen LogP contribution >= 0.6 is 12.4 Å². The van der Waals surface area contributed by atoms with Gasteiger partial charge in [-0.05, 0) is 30.7 Å². The van der Waals surface area contributed by atoms with Gasteiger partial charge in [-0.1, -0.05) is 49.7 Å². The number of hydrogen-bond donors (Lipinski definition) is 0. The fourth-order valence-corrected chi connectivity index (χ4v) is 3.33. The zero-order valence-electron chi connectivity index (χ0n) is 14.3. The molecule has 2 aromatic carbocycles. The van der Waals surface area contributed by atoms with Gasteiger partial charge in [0, 0.05) is 29.7 Å². The highest BCUT2D eigenvalue weighted by atomic mass is 35.5. The van der Waals surface area contributed by atoms with Gasteiger partial charge in [0.2, 0.25) is 0 Å². The molecule has 3 nitrogen and oxygen atoms in total. The van der Waals surface area contributed by atoms with Gasteiger partial charge in [0.1, 0.15) is 0 Å². The van der Waals surface area contributed by atoms with E-state index in [2.05, 4.69) is 82.3 Å². The van der Waals surface area contributed by atoms with Crippen molar-refractivity contribution in [3.63, 3.8) is 0 Å². The van der Waals surface area contributed by atoms with Crippen LogP contribution in [0.5, 0.6) is 0 Å². The normalized spacial score (nSPS) is 10.8. The number of benzene rings is 2. The van der Waals surface area contributed by atoms with Crippen LogP contribution in [0.1, 0.15) is 19.8 Å². The summed E-state index contributed by atoms with van der Waals surface area (Å²) in [6.07, 6.45) is 6.03. The first kappa shape index (κ1) is 17.3. The van der Waals surface area contributed by atoms with Crippen molar-refractivity contribution in [2.75, 3.05) is 11.6 Å². The molecular weight excluding hydrogens is 330 g/mol. The second-order valence-corrected chi connectivity index (χ2v) is 6.03. The van der Waals surface area contributed by atoms with Crippen LogP contribution in [0.2, 0.25) is 0 Å². The summed E-state index contributed by atoms with van der Waals surface area (Å²) in [5, 5.41) is 4.96. The predicted octanol–water partition coefficient (Wildman–Crippen LogP) is 5.68. The molecule has 25 heavy (non-hydrogen) atoms. The molecule has 0 amide bonds. The molecule has 0 saturated carbocycles. The number of hydrogen-bond acceptors (Lipinski definition) is 2. The Bertz CT molecular complexity index is 909. The van der Waals surface area contributed by atoms with Crippen LogP contribution in [-0.2, 0) is 0 Å². The van der Waals surface area contributed by atoms with Crippen LogP contribution in [0, 0.1) is 0 Å². The van der Waals surface area contributed by atoms with Crippen molar-refractivity contribution in [3.8, 4) is 0 Å². The number of halogens is 1. The molecule has 0 aliphatic rings. The molecule has 0 N–H and O–H groups in total. The molecule has 4 heteroatoms. The van der Waals surface area contributed by atoms with Crippen LogP contribution in [0.25, 0.3) is 21.8 Å². The maximum atomic E-state index is 4.18. The molecule has 128 valence electrons. The molecule has 4 aromatic rings. The van der Waals surface area contributed by atoms with E-state index in [1.165, 1.54) is 33.9 Å². The van der Waals surface area contributed by atoms with E-state index in [4.69, 9.17) is 0 Å². The third-order valence-electron chi connectivity index (χ3n) is 4.48. The topological polar surface area (TPSA) is 21.1 Å². The van der Waals surface area contributed by atoms with E-state index in [0.29, 0.717) is 0 Å². The second-order valence-electron chi connectivity index (χ2n) is 6.03. The number of fused-ring (bicyclic) bond motifs is 3. The maximum absolute atomic E-state index is 4.18. The molecule has 0 aliphatic carbocycles. The quantitative estimate of drug-likeness (QED) is 0.461. The molecule has 0 fully saturated rings. The summed E-state index contributed by atoms with van der Waals surface area (Å²) in [5.41, 5.74) is 3.66. The molecule has 0 unspecified atom stereocenters. The zero-order valence-corrected chi connectivity index (χ0v) is 15.1. The van der Waals surface area contributed by atoms with Gasteiger partial charge < -0.3 is 0 Å². The summed E-state index contributed by atoms with van der Waals surface area (Å²) in [6, 6.07) is 21.4. The Labute approximate surface area is 154 Å². The number of nitrogens with zero attached hydrogens (tertiary/aromatic N) is 3. The highest BCUT2D eigenvalue weighted by Gasteiger charge is 2.16. The Morgan fingerprint density at radius 1 is 0.840 bits per heavy atom. The molecule has 4 rings (SSSR count). The Kier molecular flexibility index (Phi) is 5.25. The van der Waals surface area contributed by atoms with Gasteiger partial charge in [0.15, 0.2) is 0 Å². The first-order valence-electron chi connectivity index (χ1n) is 8.56. The maximum Gasteiger partial charge on any atom is 0.0712 e. The predicted molar refractivity (Wildman–Crippen MR) is 109 cm³/mol. The molecular formula is C21H22ClN3. The van der Waals surface area contributed by atoms with Gasteiger partial charge in [-0.15, -0.1) is 12.4 Å². The lowest BCUT2D eigenvalue weighted by Gasteiger charge is -2.28. The van der Waals surface area contributed by atoms with Crippen molar-refractivity contribution in [3.05, 3.63) is 73.1 Å². The summed E-state index contributed by atoms with van der Waals surface area (Å²) >= 11 is 0. The molecule has 0 atom stereocenters. The number of pyridine rings is 1. The second kappa shape index (κ2) is 7.58. The Morgan fingerprint density at radius 3 is 1.96 bits per heavy atom. The van der Waals surface area contributed by atoms with E-state index in [0.717, 1.165) is 13.0 Å². The highest BCUT2D eigenvalue weighted by molar-refractivity contribution is 6.08. The minimum atomic E-state index is 0. The molecule has 0 saturated heterocycles. The van der Waals surface area contributed by atoms with Crippen molar-refractivity contribution < 1.29 is 0 Å². The number of para-hydroxylation sites is 2. The molecule has 2 heterocycles. The molecule has 0 bridgehead atoms. The minimum absolute atomic E-state index is 0. The first-order valence-corrected chi connectivity index (χ1v) is 8.56. The Morgan fingerprint density at radius 2 is 1.40 bits per heavy atom. The third kappa shape index (κ3) is 3.08. The molecule has 0 radical (unpaired) electrons. The van der Waals surface area contributed by atoms with Crippen LogP contribution in [-0.4, -0.2) is 16.2 Å². The van der Waals surface area contributed by atoms with Gasteiger partial charge in [-0.25, -0.2) is 0 Å². The van der Waals surface area contributed by atoms with E-state index in [1.807, 2.05) is 12.4 Å². The molecule has 0 spiro atoms. The summed E-state index contributed by atoms with van der Waals surface area (Å²) in [4.78, 5) is 4.18. The summed E-state index contributed by atoms with van der Waals surface area (Å²) in [7, 11) is 0. The first-order chi connectivity index (χ1) is 11.9. The van der Waals surface area contributed by atoms with Crippen LogP contribution in [0.15, 0.2) is 73.1 Å². The van der Waals surface area contributed by atoms with Crippen molar-refractivity contribution in [1.29, 1.82) is 0 Å². The average Bonchev–Trinajstić information content (AvgIpc) is 2.98. The Balaban J connectivity index is 0.00000182. The van der Waals surface area contributed by atoms with Gasteiger partial charge >= 0.3 is 0 Å². The average molecular weight is 352 g/mol. The van der Waals surface area contributed by atoms with E-state index in [-0.39, 0.29) is 12.4 Å². The van der Waals surface area contributed by atoms with Crippen molar-refractivity contribution >= 4 is 39.9 Å². The van der Waals surface area contributed by atoms with Crippen LogP contribution in [0.3, 0.4) is 0 Å². The van der Waals surface area contributed by atoms with E-state index >= 15 is 0 Å². The largest absolute Gasteiger partial charge is 0.281 e.